The number of carboxylic acids is 1. The Bertz CT molecular complexity index is 462. The Balaban J connectivity index is 2.96. The number of methoxy groups -OCH3 is 1. The molecule has 0 aliphatic rings. The van der Waals surface area contributed by atoms with Crippen molar-refractivity contribution in [2.24, 2.45) is 0 Å². The number of carbonyl (C=O) groups is 2. The second kappa shape index (κ2) is 6.81. The number of hydrogen-bond donors (Lipinski definition) is 1. The highest BCUT2D eigenvalue weighted by atomic mass is 35.5. The number of ether oxygens (including phenoxy) is 1. The van der Waals surface area contributed by atoms with Crippen LogP contribution in [0.2, 0.25) is 5.02 Å². The van der Waals surface area contributed by atoms with Gasteiger partial charge in [0.1, 0.15) is 0 Å². The molecule has 18 heavy (non-hydrogen) atoms. The van der Waals surface area contributed by atoms with E-state index in [-0.39, 0.29) is 12.8 Å². The van der Waals surface area contributed by atoms with Gasteiger partial charge >= 0.3 is 11.9 Å². The summed E-state index contributed by atoms with van der Waals surface area (Å²) in [6.45, 7) is 0. The van der Waals surface area contributed by atoms with Gasteiger partial charge in [0.15, 0.2) is 0 Å². The molecule has 1 rings (SSSR count). The van der Waals surface area contributed by atoms with Gasteiger partial charge in [-0.15, -0.1) is 0 Å². The summed E-state index contributed by atoms with van der Waals surface area (Å²) in [5.41, 5.74) is 1.37. The summed E-state index contributed by atoms with van der Waals surface area (Å²) < 4.78 is 4.54. The second-order valence-electron chi connectivity index (χ2n) is 3.59. The van der Waals surface area contributed by atoms with Crippen molar-refractivity contribution in [2.45, 2.75) is 12.8 Å². The van der Waals surface area contributed by atoms with Crippen LogP contribution in [0.1, 0.15) is 18.4 Å². The molecule has 0 saturated carbocycles. The molecule has 0 aliphatic heterocycles. The van der Waals surface area contributed by atoms with Crippen LogP contribution in [0.25, 0.3) is 5.57 Å². The van der Waals surface area contributed by atoms with E-state index in [9.17, 15) is 9.59 Å². The zero-order valence-corrected chi connectivity index (χ0v) is 10.6. The number of allylic oxidation sites excluding steroid dienone is 1. The molecule has 0 unspecified atom stereocenters. The first kappa shape index (κ1) is 14.3. The molecule has 0 aliphatic carbocycles. The Kier molecular flexibility index (Phi) is 5.39. The van der Waals surface area contributed by atoms with Crippen molar-refractivity contribution in [2.75, 3.05) is 7.11 Å². The van der Waals surface area contributed by atoms with Crippen LogP contribution in [0, 0.1) is 0 Å². The van der Waals surface area contributed by atoms with Crippen molar-refractivity contribution in [3.63, 3.8) is 0 Å². The molecule has 0 atom stereocenters. The quantitative estimate of drug-likeness (QED) is 0.659. The molecular weight excluding hydrogens is 256 g/mol. The third kappa shape index (κ3) is 4.59. The van der Waals surface area contributed by atoms with Gasteiger partial charge in [-0.25, -0.2) is 4.79 Å². The zero-order valence-electron chi connectivity index (χ0n) is 9.85. The average Bonchev–Trinajstić information content (AvgIpc) is 2.35. The largest absolute Gasteiger partial charge is 0.481 e. The predicted molar refractivity (Wildman–Crippen MR) is 68.3 cm³/mol. The Hall–Kier alpha value is -1.81. The Morgan fingerprint density at radius 3 is 2.39 bits per heavy atom. The predicted octanol–water partition coefficient (Wildman–Crippen LogP) is 2.76. The highest BCUT2D eigenvalue weighted by molar-refractivity contribution is 6.30. The molecule has 0 fully saturated rings. The van der Waals surface area contributed by atoms with E-state index in [2.05, 4.69) is 4.74 Å². The molecule has 96 valence electrons. The van der Waals surface area contributed by atoms with Crippen LogP contribution < -0.4 is 0 Å². The zero-order chi connectivity index (χ0) is 13.5. The maximum atomic E-state index is 11.2. The molecule has 0 saturated heterocycles. The van der Waals surface area contributed by atoms with Crippen molar-refractivity contribution >= 4 is 29.1 Å². The Labute approximate surface area is 110 Å². The minimum Gasteiger partial charge on any atom is -0.481 e. The lowest BCUT2D eigenvalue weighted by Crippen LogP contribution is -2.00. The molecule has 1 aromatic rings. The van der Waals surface area contributed by atoms with Crippen molar-refractivity contribution in [3.8, 4) is 0 Å². The van der Waals surface area contributed by atoms with Gasteiger partial charge in [0.2, 0.25) is 0 Å². The van der Waals surface area contributed by atoms with E-state index in [1.54, 1.807) is 24.3 Å². The van der Waals surface area contributed by atoms with E-state index in [4.69, 9.17) is 16.7 Å². The third-order valence-electron chi connectivity index (χ3n) is 2.32. The lowest BCUT2D eigenvalue weighted by molar-refractivity contribution is -0.137. The summed E-state index contributed by atoms with van der Waals surface area (Å²) in [5, 5.41) is 9.26. The van der Waals surface area contributed by atoms with Crippen LogP contribution >= 0.6 is 11.6 Å². The van der Waals surface area contributed by atoms with Crippen LogP contribution in [0.3, 0.4) is 0 Å². The summed E-state index contributed by atoms with van der Waals surface area (Å²) in [6.07, 6.45) is 1.50. The molecule has 5 heteroatoms. The molecule has 4 nitrogen and oxygen atoms in total. The lowest BCUT2D eigenvalue weighted by Gasteiger charge is -2.06. The van der Waals surface area contributed by atoms with Gasteiger partial charge in [-0.3, -0.25) is 4.79 Å². The summed E-state index contributed by atoms with van der Waals surface area (Å²) >= 11 is 5.77. The molecule has 0 amide bonds. The van der Waals surface area contributed by atoms with Gasteiger partial charge in [0.25, 0.3) is 0 Å². The van der Waals surface area contributed by atoms with Crippen molar-refractivity contribution in [3.05, 3.63) is 40.9 Å². The Morgan fingerprint density at radius 2 is 1.89 bits per heavy atom. The SMILES string of the molecule is COC(=O)/C=C(/CCC(=O)O)c1ccc(Cl)cc1. The molecule has 0 heterocycles. The number of benzene rings is 1. The first-order valence-electron chi connectivity index (χ1n) is 5.29. The van der Waals surface area contributed by atoms with Crippen LogP contribution in [-0.4, -0.2) is 24.2 Å². The van der Waals surface area contributed by atoms with E-state index in [0.717, 1.165) is 5.56 Å². The topological polar surface area (TPSA) is 63.6 Å². The number of esters is 1. The Morgan fingerprint density at radius 1 is 1.28 bits per heavy atom. The van der Waals surface area contributed by atoms with Crippen molar-refractivity contribution in [1.29, 1.82) is 0 Å². The summed E-state index contributed by atoms with van der Waals surface area (Å²) in [6, 6.07) is 6.84. The van der Waals surface area contributed by atoms with Crippen LogP contribution in [0.4, 0.5) is 0 Å². The number of aliphatic carboxylic acids is 1. The van der Waals surface area contributed by atoms with E-state index < -0.39 is 11.9 Å². The summed E-state index contributed by atoms with van der Waals surface area (Å²) in [4.78, 5) is 21.8. The van der Waals surface area contributed by atoms with Gasteiger partial charge in [-0.05, 0) is 29.7 Å². The summed E-state index contributed by atoms with van der Waals surface area (Å²) in [7, 11) is 1.27. The van der Waals surface area contributed by atoms with Gasteiger partial charge in [-0.1, -0.05) is 23.7 Å². The highest BCUT2D eigenvalue weighted by Gasteiger charge is 2.08. The molecule has 0 bridgehead atoms. The lowest BCUT2D eigenvalue weighted by atomic mass is 10.0. The van der Waals surface area contributed by atoms with Crippen LogP contribution in [-0.2, 0) is 14.3 Å². The number of carboxylic acid groups (broad SMARTS) is 1. The number of carbonyl (C=O) groups excluding carboxylic acids is 1. The minimum absolute atomic E-state index is 0.0501. The van der Waals surface area contributed by atoms with Gasteiger partial charge < -0.3 is 9.84 Å². The fourth-order valence-electron chi connectivity index (χ4n) is 1.41. The molecular formula is C13H13ClO4. The number of halogens is 1. The molecule has 0 radical (unpaired) electrons. The molecule has 0 spiro atoms. The average molecular weight is 269 g/mol. The van der Waals surface area contributed by atoms with Gasteiger partial charge in [0.05, 0.1) is 7.11 Å². The van der Waals surface area contributed by atoms with Gasteiger partial charge in [0, 0.05) is 17.5 Å². The molecule has 0 aromatic heterocycles. The van der Waals surface area contributed by atoms with E-state index in [0.29, 0.717) is 10.6 Å². The van der Waals surface area contributed by atoms with Crippen LogP contribution in [0.15, 0.2) is 30.3 Å². The van der Waals surface area contributed by atoms with Gasteiger partial charge in [-0.2, -0.15) is 0 Å². The minimum atomic E-state index is -0.917. The standard InChI is InChI=1S/C13H13ClO4/c1-18-13(17)8-10(4-7-12(15)16)9-2-5-11(14)6-3-9/h2-3,5-6,8H,4,7H2,1H3,(H,15,16)/b10-8-. The first-order chi connectivity index (χ1) is 8.52. The third-order valence-corrected chi connectivity index (χ3v) is 2.57. The van der Waals surface area contributed by atoms with E-state index in [1.807, 2.05) is 0 Å². The van der Waals surface area contributed by atoms with Crippen LogP contribution in [0.5, 0.6) is 0 Å². The maximum Gasteiger partial charge on any atom is 0.330 e. The summed E-state index contributed by atoms with van der Waals surface area (Å²) in [5.74, 6) is -1.43. The number of rotatable bonds is 5. The number of hydrogen-bond acceptors (Lipinski definition) is 3. The second-order valence-corrected chi connectivity index (χ2v) is 4.03. The fourth-order valence-corrected chi connectivity index (χ4v) is 1.53. The molecule has 1 N–H and O–H groups in total. The highest BCUT2D eigenvalue weighted by Crippen LogP contribution is 2.22. The normalized spacial score (nSPS) is 11.1. The van der Waals surface area contributed by atoms with Crippen molar-refractivity contribution in [1.82, 2.24) is 0 Å². The monoisotopic (exact) mass is 268 g/mol. The first-order valence-corrected chi connectivity index (χ1v) is 5.67. The maximum absolute atomic E-state index is 11.2. The smallest absolute Gasteiger partial charge is 0.330 e. The van der Waals surface area contributed by atoms with E-state index >= 15 is 0 Å². The molecule has 1 aromatic carbocycles. The fraction of sp³-hybridized carbons (Fsp3) is 0.231. The van der Waals surface area contributed by atoms with Crippen molar-refractivity contribution < 1.29 is 19.4 Å². The van der Waals surface area contributed by atoms with E-state index in [1.165, 1.54) is 13.2 Å².